The lowest BCUT2D eigenvalue weighted by atomic mass is 10.1. The molecule has 1 aliphatic rings. The number of nitrogens with zero attached hydrogens (tertiary/aromatic N) is 3. The molecule has 0 saturated heterocycles. The molecule has 3 heterocycles. The monoisotopic (exact) mass is 295 g/mol. The van der Waals surface area contributed by atoms with Gasteiger partial charge in [0.25, 0.3) is 0 Å². The van der Waals surface area contributed by atoms with Crippen LogP contribution in [0.15, 0.2) is 41.3 Å². The van der Waals surface area contributed by atoms with Crippen LogP contribution in [0, 0.1) is 0 Å². The number of fused-ring (bicyclic) bond motifs is 1. The highest BCUT2D eigenvalue weighted by molar-refractivity contribution is 5.58. The van der Waals surface area contributed by atoms with Gasteiger partial charge in [-0.15, -0.1) is 0 Å². The molecule has 0 atom stereocenters. The lowest BCUT2D eigenvalue weighted by Gasteiger charge is -2.10. The summed E-state index contributed by atoms with van der Waals surface area (Å²) in [6, 6.07) is 6.10. The first kappa shape index (κ1) is 13.1. The molecule has 0 bridgehead atoms. The Hall–Kier alpha value is -2.56. The van der Waals surface area contributed by atoms with Gasteiger partial charge in [0.2, 0.25) is 0 Å². The molecule has 0 fully saturated rings. The van der Waals surface area contributed by atoms with Crippen LogP contribution in [0.3, 0.4) is 0 Å². The van der Waals surface area contributed by atoms with E-state index >= 15 is 0 Å². The summed E-state index contributed by atoms with van der Waals surface area (Å²) in [5.74, 6) is 2.73. The summed E-state index contributed by atoms with van der Waals surface area (Å²) in [4.78, 5) is 9.01. The van der Waals surface area contributed by atoms with Crippen LogP contribution in [0.4, 0.5) is 0 Å². The lowest BCUT2D eigenvalue weighted by molar-refractivity contribution is 0.357. The molecule has 0 N–H and O–H groups in total. The van der Waals surface area contributed by atoms with Crippen molar-refractivity contribution in [1.82, 2.24) is 14.5 Å². The first-order valence-electron chi connectivity index (χ1n) is 7.48. The van der Waals surface area contributed by atoms with Crippen molar-refractivity contribution in [1.29, 1.82) is 0 Å². The Balaban J connectivity index is 1.82. The summed E-state index contributed by atoms with van der Waals surface area (Å²) >= 11 is 0. The van der Waals surface area contributed by atoms with Gasteiger partial charge in [-0.05, 0) is 12.1 Å². The normalized spacial score (nSPS) is 13.4. The number of rotatable bonds is 3. The van der Waals surface area contributed by atoms with Gasteiger partial charge in [0.1, 0.15) is 17.7 Å². The Kier molecular flexibility index (Phi) is 2.99. The lowest BCUT2D eigenvalue weighted by Crippen LogP contribution is -2.00. The molecule has 0 unspecified atom stereocenters. The van der Waals surface area contributed by atoms with E-state index in [2.05, 4.69) is 34.4 Å². The molecule has 3 aromatic rings. The predicted octanol–water partition coefficient (Wildman–Crippen LogP) is 3.59. The number of hydrogen-bond donors (Lipinski definition) is 0. The fourth-order valence-corrected chi connectivity index (χ4v) is 2.77. The molecule has 22 heavy (non-hydrogen) atoms. The van der Waals surface area contributed by atoms with Gasteiger partial charge >= 0.3 is 0 Å². The minimum atomic E-state index is 0.256. The zero-order valence-corrected chi connectivity index (χ0v) is 12.6. The van der Waals surface area contributed by atoms with Crippen LogP contribution >= 0.6 is 0 Å². The van der Waals surface area contributed by atoms with Gasteiger partial charge in [0, 0.05) is 30.3 Å². The van der Waals surface area contributed by atoms with Crippen molar-refractivity contribution in [3.63, 3.8) is 0 Å². The zero-order chi connectivity index (χ0) is 15.1. The van der Waals surface area contributed by atoms with Crippen LogP contribution in [0.5, 0.6) is 5.75 Å². The Labute approximate surface area is 128 Å². The van der Waals surface area contributed by atoms with Crippen molar-refractivity contribution < 1.29 is 9.15 Å². The number of benzene rings is 1. The van der Waals surface area contributed by atoms with Crippen LogP contribution in [-0.2, 0) is 6.42 Å². The molecule has 112 valence electrons. The average molecular weight is 295 g/mol. The van der Waals surface area contributed by atoms with Crippen molar-refractivity contribution in [2.24, 2.45) is 0 Å². The average Bonchev–Trinajstić information content (AvgIpc) is 3.25. The molecule has 0 radical (unpaired) electrons. The molecule has 0 spiro atoms. The number of hydrogen-bond acceptors (Lipinski definition) is 4. The van der Waals surface area contributed by atoms with Crippen LogP contribution in [0.25, 0.3) is 17.2 Å². The summed E-state index contributed by atoms with van der Waals surface area (Å²) in [5, 5.41) is 0. The van der Waals surface area contributed by atoms with Gasteiger partial charge in [0.05, 0.1) is 12.3 Å². The van der Waals surface area contributed by atoms with Gasteiger partial charge in [0.15, 0.2) is 11.7 Å². The van der Waals surface area contributed by atoms with Crippen LogP contribution in [0.2, 0.25) is 0 Å². The van der Waals surface area contributed by atoms with Gasteiger partial charge < -0.3 is 9.15 Å². The largest absolute Gasteiger partial charge is 0.493 e. The minimum absolute atomic E-state index is 0.256. The number of imidazole rings is 1. The van der Waals surface area contributed by atoms with Crippen molar-refractivity contribution in [2.75, 3.05) is 6.61 Å². The Morgan fingerprint density at radius 3 is 3.00 bits per heavy atom. The van der Waals surface area contributed by atoms with Gasteiger partial charge in [-0.2, -0.15) is 0 Å². The van der Waals surface area contributed by atoms with Crippen molar-refractivity contribution >= 4 is 0 Å². The highest BCUT2D eigenvalue weighted by atomic mass is 16.5. The molecule has 4 rings (SSSR count). The molecule has 0 saturated carbocycles. The van der Waals surface area contributed by atoms with E-state index in [4.69, 9.17) is 9.15 Å². The first-order valence-corrected chi connectivity index (χ1v) is 7.48. The number of ether oxygens (including phenoxy) is 1. The molecular formula is C17H17N3O2. The molecule has 5 heteroatoms. The number of oxazole rings is 1. The highest BCUT2D eigenvalue weighted by Crippen LogP contribution is 2.32. The molecule has 0 aliphatic carbocycles. The van der Waals surface area contributed by atoms with Crippen molar-refractivity contribution in [3.8, 4) is 23.0 Å². The highest BCUT2D eigenvalue weighted by Gasteiger charge is 2.20. The number of aromatic nitrogens is 3. The summed E-state index contributed by atoms with van der Waals surface area (Å²) in [5.41, 5.74) is 3.07. The quantitative estimate of drug-likeness (QED) is 0.741. The second kappa shape index (κ2) is 5.02. The molecule has 1 aromatic carbocycles. The molecule has 0 amide bonds. The Bertz CT molecular complexity index is 817. The predicted molar refractivity (Wildman–Crippen MR) is 82.3 cm³/mol. The summed E-state index contributed by atoms with van der Waals surface area (Å²) in [6.07, 6.45) is 6.33. The second-order valence-corrected chi connectivity index (χ2v) is 5.70. The van der Waals surface area contributed by atoms with E-state index in [0.717, 1.165) is 41.9 Å². The van der Waals surface area contributed by atoms with Gasteiger partial charge in [-0.1, -0.05) is 19.9 Å². The van der Waals surface area contributed by atoms with E-state index in [0.29, 0.717) is 0 Å². The van der Waals surface area contributed by atoms with E-state index in [1.54, 1.807) is 12.5 Å². The van der Waals surface area contributed by atoms with E-state index in [9.17, 15) is 0 Å². The van der Waals surface area contributed by atoms with Crippen molar-refractivity contribution in [3.05, 3.63) is 48.3 Å². The fourth-order valence-electron chi connectivity index (χ4n) is 2.77. The third-order valence-corrected chi connectivity index (χ3v) is 3.86. The summed E-state index contributed by atoms with van der Waals surface area (Å²) < 4.78 is 13.2. The van der Waals surface area contributed by atoms with Gasteiger partial charge in [-0.3, -0.25) is 4.57 Å². The maximum atomic E-state index is 5.65. The molecular weight excluding hydrogens is 278 g/mol. The zero-order valence-electron chi connectivity index (χ0n) is 12.6. The standard InChI is InChI=1S/C17H17N3O2/c1-11(2)17-19-13(10-22-17)16-18-7-8-20(16)14-4-3-5-15-12(14)6-9-21-15/h3-5,7-8,10-11H,6,9H2,1-2H3. The molecule has 1 aliphatic heterocycles. The van der Waals surface area contributed by atoms with Crippen LogP contribution in [0.1, 0.15) is 31.2 Å². The van der Waals surface area contributed by atoms with E-state index in [1.165, 1.54) is 5.56 Å². The SMILES string of the molecule is CC(C)c1nc(-c2nccn2-c2cccc3c2CCO3)co1. The topological polar surface area (TPSA) is 53.1 Å². The minimum Gasteiger partial charge on any atom is -0.493 e. The van der Waals surface area contributed by atoms with Crippen molar-refractivity contribution in [2.45, 2.75) is 26.2 Å². The van der Waals surface area contributed by atoms with Crippen LogP contribution in [-0.4, -0.2) is 21.1 Å². The van der Waals surface area contributed by atoms with E-state index < -0.39 is 0 Å². The summed E-state index contributed by atoms with van der Waals surface area (Å²) in [6.45, 7) is 4.85. The maximum absolute atomic E-state index is 5.65. The second-order valence-electron chi connectivity index (χ2n) is 5.70. The maximum Gasteiger partial charge on any atom is 0.197 e. The van der Waals surface area contributed by atoms with E-state index in [1.807, 2.05) is 18.3 Å². The van der Waals surface area contributed by atoms with E-state index in [-0.39, 0.29) is 5.92 Å². The molecule has 2 aromatic heterocycles. The Morgan fingerprint density at radius 2 is 2.18 bits per heavy atom. The molecule has 5 nitrogen and oxygen atoms in total. The third kappa shape index (κ3) is 2.01. The van der Waals surface area contributed by atoms with Gasteiger partial charge in [-0.25, -0.2) is 9.97 Å². The first-order chi connectivity index (χ1) is 10.7. The fraction of sp³-hybridized carbons (Fsp3) is 0.294. The summed E-state index contributed by atoms with van der Waals surface area (Å²) in [7, 11) is 0. The van der Waals surface area contributed by atoms with Crippen LogP contribution < -0.4 is 4.74 Å². The Morgan fingerprint density at radius 1 is 1.27 bits per heavy atom. The third-order valence-electron chi connectivity index (χ3n) is 3.86. The smallest absolute Gasteiger partial charge is 0.197 e.